The topological polar surface area (TPSA) is 50.7 Å². The van der Waals surface area contributed by atoms with Crippen LogP contribution >= 0.6 is 15.9 Å². The summed E-state index contributed by atoms with van der Waals surface area (Å²) in [5.41, 5.74) is 1.40. The Hall–Kier alpha value is -1.88. The lowest BCUT2D eigenvalue weighted by molar-refractivity contribution is 0.965. The predicted molar refractivity (Wildman–Crippen MR) is 69.4 cm³/mol. The summed E-state index contributed by atoms with van der Waals surface area (Å²) < 4.78 is 2.42. The van der Waals surface area contributed by atoms with Gasteiger partial charge in [0.15, 0.2) is 0 Å². The number of para-hydroxylation sites is 1. The number of H-pyrrole nitrogens is 1. The molecule has 3 aromatic rings. The van der Waals surface area contributed by atoms with E-state index in [0.717, 1.165) is 15.5 Å². The molecule has 5 heteroatoms. The van der Waals surface area contributed by atoms with Crippen molar-refractivity contribution in [1.29, 1.82) is 0 Å². The monoisotopic (exact) mass is 289 g/mol. The van der Waals surface area contributed by atoms with E-state index in [4.69, 9.17) is 0 Å². The molecular weight excluding hydrogens is 282 g/mol. The highest BCUT2D eigenvalue weighted by atomic mass is 79.9. The molecule has 2 heterocycles. The molecule has 0 fully saturated rings. The van der Waals surface area contributed by atoms with E-state index in [9.17, 15) is 4.79 Å². The average molecular weight is 290 g/mol. The molecule has 3 rings (SSSR count). The quantitative estimate of drug-likeness (QED) is 0.748. The first-order valence-corrected chi connectivity index (χ1v) is 5.87. The maximum Gasteiger partial charge on any atom is 0.332 e. The van der Waals surface area contributed by atoms with Crippen LogP contribution in [0.3, 0.4) is 0 Å². The first kappa shape index (κ1) is 10.3. The molecular formula is C12H8BrN3O. The maximum absolute atomic E-state index is 11.9. The van der Waals surface area contributed by atoms with E-state index in [1.165, 1.54) is 0 Å². The van der Waals surface area contributed by atoms with Crippen molar-refractivity contribution in [2.75, 3.05) is 0 Å². The number of imidazole rings is 1. The Morgan fingerprint density at radius 3 is 2.82 bits per heavy atom. The summed E-state index contributed by atoms with van der Waals surface area (Å²) >= 11 is 3.45. The molecule has 0 spiro atoms. The number of hydrogen-bond acceptors (Lipinski definition) is 2. The molecule has 84 valence electrons. The van der Waals surface area contributed by atoms with Gasteiger partial charge >= 0.3 is 5.69 Å². The van der Waals surface area contributed by atoms with E-state index < -0.39 is 0 Å². The minimum Gasteiger partial charge on any atom is -0.305 e. The van der Waals surface area contributed by atoms with Crippen LogP contribution in [0.1, 0.15) is 0 Å². The van der Waals surface area contributed by atoms with Gasteiger partial charge in [-0.15, -0.1) is 0 Å². The maximum atomic E-state index is 11.9. The SMILES string of the molecule is O=c1[nH]c2cccc(Br)c2n1-c1ccccn1. The molecule has 0 saturated carbocycles. The Kier molecular flexibility index (Phi) is 2.33. The van der Waals surface area contributed by atoms with Crippen molar-refractivity contribution in [3.63, 3.8) is 0 Å². The van der Waals surface area contributed by atoms with Gasteiger partial charge in [-0.3, -0.25) is 0 Å². The molecule has 0 aliphatic rings. The number of nitrogens with one attached hydrogen (secondary N) is 1. The highest BCUT2D eigenvalue weighted by molar-refractivity contribution is 9.10. The second kappa shape index (κ2) is 3.85. The van der Waals surface area contributed by atoms with Gasteiger partial charge in [-0.2, -0.15) is 0 Å². The van der Waals surface area contributed by atoms with E-state index in [1.807, 2.05) is 30.3 Å². The van der Waals surface area contributed by atoms with Gasteiger partial charge < -0.3 is 4.98 Å². The highest BCUT2D eigenvalue weighted by Gasteiger charge is 2.11. The molecule has 1 aromatic carbocycles. The summed E-state index contributed by atoms with van der Waals surface area (Å²) in [4.78, 5) is 18.9. The van der Waals surface area contributed by atoms with Crippen molar-refractivity contribution >= 4 is 27.0 Å². The molecule has 0 amide bonds. The fraction of sp³-hybridized carbons (Fsp3) is 0. The largest absolute Gasteiger partial charge is 0.332 e. The standard InChI is InChI=1S/C12H8BrN3O/c13-8-4-3-5-9-11(8)16(12(17)15-9)10-6-1-2-7-14-10/h1-7H,(H,15,17). The molecule has 2 aromatic heterocycles. The number of pyridine rings is 1. The summed E-state index contributed by atoms with van der Waals surface area (Å²) in [7, 11) is 0. The molecule has 17 heavy (non-hydrogen) atoms. The van der Waals surface area contributed by atoms with E-state index in [2.05, 4.69) is 25.9 Å². The average Bonchev–Trinajstić information content (AvgIpc) is 2.68. The summed E-state index contributed by atoms with van der Waals surface area (Å²) in [5.74, 6) is 0.607. The fourth-order valence-electron chi connectivity index (χ4n) is 1.82. The second-order valence-corrected chi connectivity index (χ2v) is 4.44. The molecule has 0 unspecified atom stereocenters. The van der Waals surface area contributed by atoms with Crippen molar-refractivity contribution in [2.24, 2.45) is 0 Å². The minimum atomic E-state index is -0.189. The van der Waals surface area contributed by atoms with Gasteiger partial charge in [-0.05, 0) is 40.2 Å². The van der Waals surface area contributed by atoms with E-state index in [-0.39, 0.29) is 5.69 Å². The molecule has 0 saturated heterocycles. The van der Waals surface area contributed by atoms with Crippen LogP contribution in [0.15, 0.2) is 51.9 Å². The van der Waals surface area contributed by atoms with Crippen molar-refractivity contribution < 1.29 is 0 Å². The second-order valence-electron chi connectivity index (χ2n) is 3.59. The number of benzene rings is 1. The number of rotatable bonds is 1. The van der Waals surface area contributed by atoms with Crippen molar-refractivity contribution in [1.82, 2.24) is 14.5 Å². The van der Waals surface area contributed by atoms with Crippen LogP contribution in [-0.2, 0) is 0 Å². The van der Waals surface area contributed by atoms with Crippen molar-refractivity contribution in [3.8, 4) is 5.82 Å². The van der Waals surface area contributed by atoms with Gasteiger partial charge in [0.2, 0.25) is 0 Å². The van der Waals surface area contributed by atoms with Crippen LogP contribution in [0.4, 0.5) is 0 Å². The Labute approximate surface area is 105 Å². The molecule has 1 N–H and O–H groups in total. The zero-order valence-corrected chi connectivity index (χ0v) is 10.3. The van der Waals surface area contributed by atoms with E-state index in [0.29, 0.717) is 5.82 Å². The normalized spacial score (nSPS) is 10.9. The van der Waals surface area contributed by atoms with Crippen LogP contribution < -0.4 is 5.69 Å². The zero-order chi connectivity index (χ0) is 11.8. The number of aromatic amines is 1. The van der Waals surface area contributed by atoms with Gasteiger partial charge in [0.1, 0.15) is 5.82 Å². The Morgan fingerprint density at radius 1 is 1.18 bits per heavy atom. The number of aromatic nitrogens is 3. The molecule has 0 atom stereocenters. The fourth-order valence-corrected chi connectivity index (χ4v) is 2.36. The lowest BCUT2D eigenvalue weighted by Gasteiger charge is -2.02. The molecule has 0 aliphatic heterocycles. The highest BCUT2D eigenvalue weighted by Crippen LogP contribution is 2.23. The van der Waals surface area contributed by atoms with Gasteiger partial charge in [0.05, 0.1) is 11.0 Å². The molecule has 0 bridgehead atoms. The summed E-state index contributed by atoms with van der Waals surface area (Å²) in [5, 5.41) is 0. The zero-order valence-electron chi connectivity index (χ0n) is 8.72. The van der Waals surface area contributed by atoms with Crippen LogP contribution in [0.5, 0.6) is 0 Å². The van der Waals surface area contributed by atoms with Crippen LogP contribution in [0.2, 0.25) is 0 Å². The smallest absolute Gasteiger partial charge is 0.305 e. The first-order valence-electron chi connectivity index (χ1n) is 5.08. The molecule has 0 aliphatic carbocycles. The summed E-state index contributed by atoms with van der Waals surface area (Å²) in [6, 6.07) is 11.1. The molecule has 4 nitrogen and oxygen atoms in total. The lowest BCUT2D eigenvalue weighted by atomic mass is 10.3. The van der Waals surface area contributed by atoms with Crippen molar-refractivity contribution in [2.45, 2.75) is 0 Å². The van der Waals surface area contributed by atoms with Gasteiger partial charge in [-0.1, -0.05) is 12.1 Å². The Morgan fingerprint density at radius 2 is 2.06 bits per heavy atom. The summed E-state index contributed by atoms with van der Waals surface area (Å²) in [6.45, 7) is 0. The number of halogens is 1. The minimum absolute atomic E-state index is 0.189. The predicted octanol–water partition coefficient (Wildman–Crippen LogP) is 2.48. The van der Waals surface area contributed by atoms with Crippen LogP contribution in [-0.4, -0.2) is 14.5 Å². The Balaban J connectivity index is 2.45. The van der Waals surface area contributed by atoms with Gasteiger partial charge in [0, 0.05) is 10.7 Å². The van der Waals surface area contributed by atoms with E-state index in [1.54, 1.807) is 16.8 Å². The summed E-state index contributed by atoms with van der Waals surface area (Å²) in [6.07, 6.45) is 1.66. The van der Waals surface area contributed by atoms with Gasteiger partial charge in [0.25, 0.3) is 0 Å². The lowest BCUT2D eigenvalue weighted by Crippen LogP contribution is -2.15. The van der Waals surface area contributed by atoms with Gasteiger partial charge in [-0.25, -0.2) is 14.3 Å². The van der Waals surface area contributed by atoms with Crippen LogP contribution in [0, 0.1) is 0 Å². The first-order chi connectivity index (χ1) is 8.27. The molecule has 0 radical (unpaired) electrons. The Bertz CT molecular complexity index is 730. The van der Waals surface area contributed by atoms with Crippen molar-refractivity contribution in [3.05, 3.63) is 57.6 Å². The van der Waals surface area contributed by atoms with Crippen LogP contribution in [0.25, 0.3) is 16.9 Å². The number of hydrogen-bond donors (Lipinski definition) is 1. The third kappa shape index (κ3) is 1.59. The van der Waals surface area contributed by atoms with E-state index >= 15 is 0 Å². The number of fused-ring (bicyclic) bond motifs is 1. The number of nitrogens with zero attached hydrogens (tertiary/aromatic N) is 2. The third-order valence-electron chi connectivity index (χ3n) is 2.53. The third-order valence-corrected chi connectivity index (χ3v) is 3.17.